The normalized spacial score (nSPS) is 24.8. The molecule has 2 aliphatic heterocycles. The zero-order valence-electron chi connectivity index (χ0n) is 15.0. The highest BCUT2D eigenvalue weighted by molar-refractivity contribution is 6.07. The molecule has 2 fully saturated rings. The van der Waals surface area contributed by atoms with Crippen LogP contribution in [0.25, 0.3) is 0 Å². The van der Waals surface area contributed by atoms with Crippen LogP contribution in [0.3, 0.4) is 0 Å². The number of aromatic nitrogens is 2. The zero-order chi connectivity index (χ0) is 17.9. The molecule has 25 heavy (non-hydrogen) atoms. The first-order chi connectivity index (χ1) is 12.0. The molecule has 1 atom stereocenters. The van der Waals surface area contributed by atoms with Gasteiger partial charge >= 0.3 is 6.03 Å². The fraction of sp³-hybridized carbons (Fsp3) is 0.667. The first-order valence-corrected chi connectivity index (χ1v) is 9.12. The summed E-state index contributed by atoms with van der Waals surface area (Å²) in [5.74, 6) is 0.559. The summed E-state index contributed by atoms with van der Waals surface area (Å²) in [4.78, 5) is 35.5. The molecular weight excluding hydrogens is 318 g/mol. The fourth-order valence-electron chi connectivity index (χ4n) is 3.84. The Hall–Kier alpha value is -2.02. The first kappa shape index (κ1) is 17.8. The van der Waals surface area contributed by atoms with E-state index in [1.807, 2.05) is 0 Å². The molecule has 1 aromatic heterocycles. The van der Waals surface area contributed by atoms with Gasteiger partial charge in [-0.1, -0.05) is 13.8 Å². The van der Waals surface area contributed by atoms with E-state index < -0.39 is 5.54 Å². The van der Waals surface area contributed by atoms with Crippen LogP contribution in [0.15, 0.2) is 18.6 Å². The monoisotopic (exact) mass is 345 g/mol. The van der Waals surface area contributed by atoms with E-state index in [1.165, 1.54) is 4.90 Å². The van der Waals surface area contributed by atoms with E-state index >= 15 is 0 Å². The van der Waals surface area contributed by atoms with Crippen molar-refractivity contribution in [1.29, 1.82) is 0 Å². The smallest absolute Gasteiger partial charge is 0.323 e. The molecule has 0 aromatic carbocycles. The van der Waals surface area contributed by atoms with E-state index in [2.05, 4.69) is 34.4 Å². The molecular formula is C18H27N5O2. The predicted molar refractivity (Wildman–Crippen MR) is 93.5 cm³/mol. The van der Waals surface area contributed by atoms with Gasteiger partial charge in [0, 0.05) is 12.4 Å². The summed E-state index contributed by atoms with van der Waals surface area (Å²) in [6.45, 7) is 6.25. The van der Waals surface area contributed by atoms with Crippen molar-refractivity contribution in [2.45, 2.75) is 51.6 Å². The molecule has 7 nitrogen and oxygen atoms in total. The lowest BCUT2D eigenvalue weighted by Crippen LogP contribution is -2.55. The van der Waals surface area contributed by atoms with Gasteiger partial charge in [0.25, 0.3) is 5.91 Å². The number of piperidine rings is 1. The van der Waals surface area contributed by atoms with Gasteiger partial charge in [0.2, 0.25) is 0 Å². The van der Waals surface area contributed by atoms with Crippen LogP contribution in [0.5, 0.6) is 0 Å². The minimum Gasteiger partial charge on any atom is -0.323 e. The van der Waals surface area contributed by atoms with Crippen molar-refractivity contribution in [1.82, 2.24) is 25.5 Å². The maximum absolute atomic E-state index is 13.3. The number of hydrogen-bond donors (Lipinski definition) is 2. The number of amides is 3. The average Bonchev–Trinajstić information content (AvgIpc) is 2.87. The fourth-order valence-corrected chi connectivity index (χ4v) is 3.84. The molecule has 0 aliphatic carbocycles. The van der Waals surface area contributed by atoms with Crippen molar-refractivity contribution in [3.8, 4) is 0 Å². The maximum Gasteiger partial charge on any atom is 0.325 e. The number of nitrogens with one attached hydrogen (secondary N) is 2. The molecule has 3 heterocycles. The molecule has 136 valence electrons. The standard InChI is InChI=1S/C18H27N5O2/c1-13(2)3-6-18(14-4-7-19-8-5-14)16(24)23(17(25)22-18)12-15-11-20-9-10-21-15/h9-11,13-14,19H,3-8,12H2,1-2H3,(H,22,25)/t18-/m1/s1. The molecule has 2 N–H and O–H groups in total. The molecule has 3 rings (SSSR count). The summed E-state index contributed by atoms with van der Waals surface area (Å²) in [7, 11) is 0. The Bertz CT molecular complexity index is 615. The van der Waals surface area contributed by atoms with Gasteiger partial charge in [0.05, 0.1) is 18.4 Å². The van der Waals surface area contributed by atoms with E-state index in [-0.39, 0.29) is 24.4 Å². The second kappa shape index (κ2) is 7.47. The number of rotatable bonds is 6. The highest BCUT2D eigenvalue weighted by Crippen LogP contribution is 2.37. The molecule has 0 unspecified atom stereocenters. The van der Waals surface area contributed by atoms with Gasteiger partial charge in [-0.15, -0.1) is 0 Å². The van der Waals surface area contributed by atoms with Crippen molar-refractivity contribution in [3.63, 3.8) is 0 Å². The van der Waals surface area contributed by atoms with Crippen LogP contribution < -0.4 is 10.6 Å². The second-order valence-corrected chi connectivity index (χ2v) is 7.45. The lowest BCUT2D eigenvalue weighted by molar-refractivity contribution is -0.134. The Kier molecular flexibility index (Phi) is 5.32. The average molecular weight is 345 g/mol. The molecule has 7 heteroatoms. The van der Waals surface area contributed by atoms with Crippen LogP contribution in [0.2, 0.25) is 0 Å². The van der Waals surface area contributed by atoms with E-state index in [9.17, 15) is 9.59 Å². The molecule has 0 spiro atoms. The molecule has 0 saturated carbocycles. The van der Waals surface area contributed by atoms with Gasteiger partial charge in [-0.2, -0.15) is 0 Å². The number of carbonyl (C=O) groups is 2. The maximum atomic E-state index is 13.3. The van der Waals surface area contributed by atoms with Crippen molar-refractivity contribution < 1.29 is 9.59 Å². The minimum atomic E-state index is -0.772. The second-order valence-electron chi connectivity index (χ2n) is 7.45. The molecule has 3 amide bonds. The molecule has 2 saturated heterocycles. The predicted octanol–water partition coefficient (Wildman–Crippen LogP) is 1.70. The molecule has 0 bridgehead atoms. The summed E-state index contributed by atoms with van der Waals surface area (Å²) < 4.78 is 0. The van der Waals surface area contributed by atoms with E-state index in [0.29, 0.717) is 18.0 Å². The highest BCUT2D eigenvalue weighted by atomic mass is 16.2. The summed E-state index contributed by atoms with van der Waals surface area (Å²) in [5, 5.41) is 6.42. The van der Waals surface area contributed by atoms with Crippen LogP contribution in [0.4, 0.5) is 4.79 Å². The van der Waals surface area contributed by atoms with Crippen molar-refractivity contribution in [3.05, 3.63) is 24.3 Å². The third-order valence-corrected chi connectivity index (χ3v) is 5.29. The number of urea groups is 1. The van der Waals surface area contributed by atoms with Crippen LogP contribution in [0, 0.1) is 11.8 Å². The zero-order valence-corrected chi connectivity index (χ0v) is 15.0. The van der Waals surface area contributed by atoms with E-state index in [1.54, 1.807) is 18.6 Å². The van der Waals surface area contributed by atoms with Gasteiger partial charge in [-0.25, -0.2) is 4.79 Å². The lowest BCUT2D eigenvalue weighted by atomic mass is 9.74. The third-order valence-electron chi connectivity index (χ3n) is 5.29. The first-order valence-electron chi connectivity index (χ1n) is 9.12. The van der Waals surface area contributed by atoms with Crippen molar-refractivity contribution in [2.24, 2.45) is 11.8 Å². The third kappa shape index (κ3) is 3.66. The topological polar surface area (TPSA) is 87.2 Å². The van der Waals surface area contributed by atoms with Crippen LogP contribution >= 0.6 is 0 Å². The number of carbonyl (C=O) groups excluding carboxylic acids is 2. The molecule has 2 aliphatic rings. The minimum absolute atomic E-state index is 0.101. The number of nitrogens with zero attached hydrogens (tertiary/aromatic N) is 3. The summed E-state index contributed by atoms with van der Waals surface area (Å²) >= 11 is 0. The van der Waals surface area contributed by atoms with Crippen LogP contribution in [-0.4, -0.2) is 45.4 Å². The highest BCUT2D eigenvalue weighted by Gasteiger charge is 2.55. The van der Waals surface area contributed by atoms with Crippen molar-refractivity contribution >= 4 is 11.9 Å². The number of hydrogen-bond acceptors (Lipinski definition) is 5. The Morgan fingerprint density at radius 2 is 2.04 bits per heavy atom. The Morgan fingerprint density at radius 1 is 1.28 bits per heavy atom. The Balaban J connectivity index is 1.84. The Labute approximate surface area is 148 Å². The quantitative estimate of drug-likeness (QED) is 0.766. The van der Waals surface area contributed by atoms with Crippen molar-refractivity contribution in [2.75, 3.05) is 13.1 Å². The van der Waals surface area contributed by atoms with E-state index in [0.717, 1.165) is 32.4 Å². The van der Waals surface area contributed by atoms with Crippen LogP contribution in [-0.2, 0) is 11.3 Å². The van der Waals surface area contributed by atoms with Gasteiger partial charge in [0.1, 0.15) is 5.54 Å². The van der Waals surface area contributed by atoms with E-state index in [4.69, 9.17) is 0 Å². The number of imide groups is 1. The largest absolute Gasteiger partial charge is 0.325 e. The molecule has 0 radical (unpaired) electrons. The lowest BCUT2D eigenvalue weighted by Gasteiger charge is -2.38. The van der Waals surface area contributed by atoms with Gasteiger partial charge in [0.15, 0.2) is 0 Å². The van der Waals surface area contributed by atoms with Crippen LogP contribution in [0.1, 0.15) is 45.2 Å². The Morgan fingerprint density at radius 3 is 2.68 bits per heavy atom. The van der Waals surface area contributed by atoms with Gasteiger partial charge in [-0.05, 0) is 50.6 Å². The van der Waals surface area contributed by atoms with Gasteiger partial charge in [-0.3, -0.25) is 19.7 Å². The summed E-state index contributed by atoms with van der Waals surface area (Å²) in [5.41, 5.74) is -0.151. The summed E-state index contributed by atoms with van der Waals surface area (Å²) in [6, 6.07) is -0.307. The summed E-state index contributed by atoms with van der Waals surface area (Å²) in [6.07, 6.45) is 8.17. The molecule has 1 aromatic rings. The SMILES string of the molecule is CC(C)CC[C@]1(C2CCNCC2)NC(=O)N(Cc2cnccn2)C1=O. The van der Waals surface area contributed by atoms with Gasteiger partial charge < -0.3 is 10.6 Å².